The smallest absolute Gasteiger partial charge is 0.418 e. The van der Waals surface area contributed by atoms with Crippen molar-refractivity contribution in [2.24, 2.45) is 5.14 Å². The quantitative estimate of drug-likeness (QED) is 0.920. The third kappa shape index (κ3) is 3.75. The lowest BCUT2D eigenvalue weighted by Crippen LogP contribution is -2.27. The molecule has 118 valence electrons. The van der Waals surface area contributed by atoms with Gasteiger partial charge in [-0.2, -0.15) is 0 Å². The van der Waals surface area contributed by atoms with Crippen molar-refractivity contribution in [2.45, 2.75) is 31.3 Å². The summed E-state index contributed by atoms with van der Waals surface area (Å²) in [5, 5.41) is 5.13. The number of nitrogens with two attached hydrogens (primary N) is 1. The normalized spacial score (nSPS) is 12.2. The van der Waals surface area contributed by atoms with E-state index in [2.05, 4.69) is 0 Å². The molecule has 22 heavy (non-hydrogen) atoms. The summed E-state index contributed by atoms with van der Waals surface area (Å²) in [6.45, 7) is 5.32. The van der Waals surface area contributed by atoms with E-state index in [0.29, 0.717) is 11.3 Å². The summed E-state index contributed by atoms with van der Waals surface area (Å²) < 4.78 is 29.5. The number of hydrogen-bond acceptors (Lipinski definition) is 4. The molecule has 0 aliphatic rings. The van der Waals surface area contributed by atoms with E-state index >= 15 is 0 Å². The van der Waals surface area contributed by atoms with Crippen molar-refractivity contribution in [3.63, 3.8) is 0 Å². The Labute approximate surface area is 129 Å². The number of rotatable bonds is 2. The van der Waals surface area contributed by atoms with E-state index in [9.17, 15) is 13.2 Å². The van der Waals surface area contributed by atoms with Crippen LogP contribution < -0.4 is 5.14 Å². The molecular weight excluding hydrogens is 304 g/mol. The van der Waals surface area contributed by atoms with Gasteiger partial charge in [-0.15, -0.1) is 0 Å². The fourth-order valence-electron chi connectivity index (χ4n) is 1.92. The van der Waals surface area contributed by atoms with Crippen molar-refractivity contribution in [1.82, 2.24) is 4.57 Å². The molecule has 2 aromatic rings. The number of sulfonamides is 1. The zero-order valence-corrected chi connectivity index (χ0v) is 13.4. The lowest BCUT2D eigenvalue weighted by molar-refractivity contribution is 0.0540. The highest BCUT2D eigenvalue weighted by Crippen LogP contribution is 2.23. The molecule has 0 aliphatic heterocycles. The minimum absolute atomic E-state index is 0.0121. The average molecular weight is 322 g/mol. The standard InChI is InChI=1S/C15H18N2O4S/c1-15(2,3)21-14(18)17-9-5-8-13(17)11-6-4-7-12(10-11)22(16,19)20/h4-10H,1-3H3,(H2,16,19,20). The minimum Gasteiger partial charge on any atom is -0.443 e. The highest BCUT2D eigenvalue weighted by atomic mass is 32.2. The SMILES string of the molecule is CC(C)(C)OC(=O)n1cccc1-c1cccc(S(N)(=O)=O)c1. The van der Waals surface area contributed by atoms with Gasteiger partial charge in [0.25, 0.3) is 0 Å². The van der Waals surface area contributed by atoms with Crippen LogP contribution in [0.3, 0.4) is 0 Å². The third-order valence-electron chi connectivity index (χ3n) is 2.80. The Morgan fingerprint density at radius 1 is 1.18 bits per heavy atom. The zero-order valence-electron chi connectivity index (χ0n) is 12.6. The number of hydrogen-bond donors (Lipinski definition) is 1. The first kappa shape index (κ1) is 16.3. The first-order valence-electron chi connectivity index (χ1n) is 6.62. The van der Waals surface area contributed by atoms with Crippen LogP contribution in [0.5, 0.6) is 0 Å². The van der Waals surface area contributed by atoms with Gasteiger partial charge in [-0.05, 0) is 45.0 Å². The molecule has 2 rings (SSSR count). The second-order valence-corrected chi connectivity index (χ2v) is 7.38. The van der Waals surface area contributed by atoms with Crippen LogP contribution in [0.1, 0.15) is 20.8 Å². The van der Waals surface area contributed by atoms with Crippen LogP contribution in [0.15, 0.2) is 47.5 Å². The van der Waals surface area contributed by atoms with Crippen LogP contribution in [0.4, 0.5) is 4.79 Å². The first-order chi connectivity index (χ1) is 10.1. The summed E-state index contributed by atoms with van der Waals surface area (Å²) in [7, 11) is -3.80. The fourth-order valence-corrected chi connectivity index (χ4v) is 2.48. The van der Waals surface area contributed by atoms with Crippen molar-refractivity contribution in [3.05, 3.63) is 42.6 Å². The number of aromatic nitrogens is 1. The number of carbonyl (C=O) groups excluding carboxylic acids is 1. The van der Waals surface area contributed by atoms with Gasteiger partial charge in [-0.1, -0.05) is 12.1 Å². The molecule has 1 aromatic carbocycles. The number of primary sulfonamides is 1. The summed E-state index contributed by atoms with van der Waals surface area (Å²) in [4.78, 5) is 12.2. The largest absolute Gasteiger partial charge is 0.443 e. The van der Waals surface area contributed by atoms with Gasteiger partial charge >= 0.3 is 6.09 Å². The topological polar surface area (TPSA) is 91.4 Å². The molecule has 0 amide bonds. The lowest BCUT2D eigenvalue weighted by atomic mass is 10.1. The van der Waals surface area contributed by atoms with Crippen LogP contribution >= 0.6 is 0 Å². The molecule has 0 fully saturated rings. The molecule has 0 radical (unpaired) electrons. The van der Waals surface area contributed by atoms with Gasteiger partial charge in [0.1, 0.15) is 5.60 Å². The molecule has 1 heterocycles. The monoisotopic (exact) mass is 322 g/mol. The van der Waals surface area contributed by atoms with Crippen LogP contribution in [-0.2, 0) is 14.8 Å². The Balaban J connectivity index is 2.44. The van der Waals surface area contributed by atoms with Gasteiger partial charge in [-0.3, -0.25) is 4.57 Å². The summed E-state index contributed by atoms with van der Waals surface area (Å²) in [6.07, 6.45) is 1.03. The third-order valence-corrected chi connectivity index (χ3v) is 3.71. The van der Waals surface area contributed by atoms with E-state index in [1.807, 2.05) is 0 Å². The number of carbonyl (C=O) groups is 1. The van der Waals surface area contributed by atoms with Crippen molar-refractivity contribution in [1.29, 1.82) is 0 Å². The van der Waals surface area contributed by atoms with Gasteiger partial charge in [0, 0.05) is 11.8 Å². The molecule has 0 spiro atoms. The Morgan fingerprint density at radius 2 is 1.86 bits per heavy atom. The van der Waals surface area contributed by atoms with Crippen LogP contribution in [0.2, 0.25) is 0 Å². The van der Waals surface area contributed by atoms with Crippen LogP contribution in [0, 0.1) is 0 Å². The van der Waals surface area contributed by atoms with E-state index in [0.717, 1.165) is 0 Å². The Bertz CT molecular complexity index is 801. The van der Waals surface area contributed by atoms with Gasteiger partial charge < -0.3 is 4.74 Å². The van der Waals surface area contributed by atoms with Gasteiger partial charge in [-0.25, -0.2) is 18.4 Å². The predicted octanol–water partition coefficient (Wildman–Crippen LogP) is 2.59. The maximum atomic E-state index is 12.2. The van der Waals surface area contributed by atoms with Crippen LogP contribution in [0.25, 0.3) is 11.3 Å². The van der Waals surface area contributed by atoms with Crippen molar-refractivity contribution in [2.75, 3.05) is 0 Å². The second kappa shape index (κ2) is 5.58. The molecule has 0 unspecified atom stereocenters. The predicted molar refractivity (Wildman–Crippen MR) is 82.9 cm³/mol. The lowest BCUT2D eigenvalue weighted by Gasteiger charge is -2.20. The minimum atomic E-state index is -3.80. The molecule has 2 N–H and O–H groups in total. The molecule has 0 atom stereocenters. The number of ether oxygens (including phenoxy) is 1. The van der Waals surface area contributed by atoms with E-state index in [4.69, 9.17) is 9.88 Å². The van der Waals surface area contributed by atoms with Crippen molar-refractivity contribution >= 4 is 16.1 Å². The highest BCUT2D eigenvalue weighted by molar-refractivity contribution is 7.89. The first-order valence-corrected chi connectivity index (χ1v) is 8.16. The number of benzene rings is 1. The van der Waals surface area contributed by atoms with Gasteiger partial charge in [0.05, 0.1) is 10.6 Å². The van der Waals surface area contributed by atoms with E-state index in [-0.39, 0.29) is 4.90 Å². The van der Waals surface area contributed by atoms with Gasteiger partial charge in [0.2, 0.25) is 10.0 Å². The van der Waals surface area contributed by atoms with Crippen molar-refractivity contribution in [3.8, 4) is 11.3 Å². The molecule has 0 bridgehead atoms. The molecule has 0 saturated carbocycles. The van der Waals surface area contributed by atoms with Crippen LogP contribution in [-0.4, -0.2) is 24.7 Å². The maximum Gasteiger partial charge on any atom is 0.418 e. The van der Waals surface area contributed by atoms with E-state index in [1.54, 1.807) is 51.2 Å². The molecule has 6 nitrogen and oxygen atoms in total. The second-order valence-electron chi connectivity index (χ2n) is 5.82. The Morgan fingerprint density at radius 3 is 2.45 bits per heavy atom. The highest BCUT2D eigenvalue weighted by Gasteiger charge is 2.20. The average Bonchev–Trinajstić information content (AvgIpc) is 2.85. The van der Waals surface area contributed by atoms with Crippen molar-refractivity contribution < 1.29 is 17.9 Å². The Kier molecular flexibility index (Phi) is 4.12. The molecule has 7 heteroatoms. The summed E-state index contributed by atoms with van der Waals surface area (Å²) in [5.41, 5.74) is 0.461. The molecule has 0 aliphatic carbocycles. The zero-order chi connectivity index (χ0) is 16.5. The van der Waals surface area contributed by atoms with Gasteiger partial charge in [0.15, 0.2) is 0 Å². The van der Waals surface area contributed by atoms with E-state index in [1.165, 1.54) is 16.7 Å². The summed E-state index contributed by atoms with van der Waals surface area (Å²) in [6, 6.07) is 9.48. The maximum absolute atomic E-state index is 12.2. The van der Waals surface area contributed by atoms with E-state index < -0.39 is 21.7 Å². The molecule has 0 saturated heterocycles. The Hall–Kier alpha value is -2.12. The summed E-state index contributed by atoms with van der Waals surface area (Å²) in [5.74, 6) is 0. The fraction of sp³-hybridized carbons (Fsp3) is 0.267. The molecule has 1 aromatic heterocycles. The molecular formula is C15H18N2O4S. The summed E-state index contributed by atoms with van der Waals surface area (Å²) >= 11 is 0. The number of nitrogens with zero attached hydrogens (tertiary/aromatic N) is 1.